The number of hydrogen-bond donors (Lipinski definition) is 0. The zero-order valence-electron chi connectivity index (χ0n) is 21.4. The lowest BCUT2D eigenvalue weighted by Gasteiger charge is -2.56. The summed E-state index contributed by atoms with van der Waals surface area (Å²) >= 11 is 0. The van der Waals surface area contributed by atoms with E-state index in [0.29, 0.717) is 25.8 Å². The van der Waals surface area contributed by atoms with Gasteiger partial charge in [0.15, 0.2) is 6.29 Å². The SMILES string of the molecule is COC(CN1CC2C3CCCC(C(=O)N2CC1=O)N3CC(=O)C(=O)C1(COC(C)=O)CCCC1)OC. The van der Waals surface area contributed by atoms with Gasteiger partial charge in [0.25, 0.3) is 0 Å². The lowest BCUT2D eigenvalue weighted by atomic mass is 9.79. The molecular formula is C25H37N3O8. The van der Waals surface area contributed by atoms with E-state index in [0.717, 1.165) is 25.7 Å². The van der Waals surface area contributed by atoms with Crippen molar-refractivity contribution in [2.75, 3.05) is 47.0 Å². The van der Waals surface area contributed by atoms with Crippen LogP contribution in [-0.2, 0) is 38.2 Å². The molecule has 36 heavy (non-hydrogen) atoms. The van der Waals surface area contributed by atoms with Crippen molar-refractivity contribution in [1.82, 2.24) is 14.7 Å². The smallest absolute Gasteiger partial charge is 0.302 e. The molecule has 3 unspecified atom stereocenters. The molecule has 200 valence electrons. The highest BCUT2D eigenvalue weighted by Gasteiger charge is 2.53. The number of esters is 1. The van der Waals surface area contributed by atoms with Crippen molar-refractivity contribution in [1.29, 1.82) is 0 Å². The highest BCUT2D eigenvalue weighted by molar-refractivity contribution is 6.40. The van der Waals surface area contributed by atoms with Crippen LogP contribution in [0.4, 0.5) is 0 Å². The Morgan fingerprint density at radius 2 is 1.72 bits per heavy atom. The molecular weight excluding hydrogens is 470 g/mol. The Kier molecular flexibility index (Phi) is 8.11. The van der Waals surface area contributed by atoms with Gasteiger partial charge in [0.1, 0.15) is 13.2 Å². The first-order chi connectivity index (χ1) is 17.2. The van der Waals surface area contributed by atoms with Gasteiger partial charge in [-0.25, -0.2) is 0 Å². The fourth-order valence-electron chi connectivity index (χ4n) is 6.40. The fourth-order valence-corrected chi connectivity index (χ4v) is 6.40. The number of rotatable bonds is 10. The third-order valence-corrected chi connectivity index (χ3v) is 8.35. The lowest BCUT2D eigenvalue weighted by Crippen LogP contribution is -2.74. The fraction of sp³-hybridized carbons (Fsp3) is 0.800. The van der Waals surface area contributed by atoms with Gasteiger partial charge in [-0.05, 0) is 32.1 Å². The van der Waals surface area contributed by atoms with Gasteiger partial charge < -0.3 is 24.0 Å². The Morgan fingerprint density at radius 1 is 1.03 bits per heavy atom. The van der Waals surface area contributed by atoms with Gasteiger partial charge in [0.2, 0.25) is 23.4 Å². The summed E-state index contributed by atoms with van der Waals surface area (Å²) in [6, 6.07) is -0.925. The van der Waals surface area contributed by atoms with Crippen LogP contribution in [0.5, 0.6) is 0 Å². The number of amides is 2. The molecule has 0 aromatic heterocycles. The number of carbonyl (C=O) groups excluding carboxylic acids is 5. The average molecular weight is 508 g/mol. The summed E-state index contributed by atoms with van der Waals surface area (Å²) in [4.78, 5) is 69.5. The highest BCUT2D eigenvalue weighted by atomic mass is 16.7. The van der Waals surface area contributed by atoms with Crippen molar-refractivity contribution in [3.8, 4) is 0 Å². The summed E-state index contributed by atoms with van der Waals surface area (Å²) in [5, 5.41) is 0. The van der Waals surface area contributed by atoms with E-state index < -0.39 is 35.3 Å². The van der Waals surface area contributed by atoms with Gasteiger partial charge in [0, 0.05) is 33.7 Å². The molecule has 4 aliphatic rings. The molecule has 0 aromatic carbocycles. The summed E-state index contributed by atoms with van der Waals surface area (Å²) in [6.45, 7) is 1.63. The van der Waals surface area contributed by atoms with Gasteiger partial charge in [-0.2, -0.15) is 0 Å². The van der Waals surface area contributed by atoms with Crippen LogP contribution in [0, 0.1) is 5.41 Å². The first kappa shape index (κ1) is 26.7. The summed E-state index contributed by atoms with van der Waals surface area (Å²) in [5.74, 6) is -1.83. The Labute approximate surface area is 211 Å². The van der Waals surface area contributed by atoms with Crippen molar-refractivity contribution in [3.63, 3.8) is 0 Å². The van der Waals surface area contributed by atoms with Gasteiger partial charge in [-0.3, -0.25) is 28.9 Å². The monoisotopic (exact) mass is 507 g/mol. The standard InChI is InChI=1S/C25H37N3O8/c1-16(29)36-15-25(9-4-5-10-25)23(32)20(30)12-27-17-7-6-8-18(27)24(33)28-13-21(31)26(11-19(17)28)14-22(34-2)35-3/h17-19,22H,4-15H2,1-3H3. The minimum atomic E-state index is -0.965. The Balaban J connectivity index is 1.51. The summed E-state index contributed by atoms with van der Waals surface area (Å²) in [7, 11) is 3.02. The highest BCUT2D eigenvalue weighted by Crippen LogP contribution is 2.40. The minimum absolute atomic E-state index is 0.0110. The first-order valence-corrected chi connectivity index (χ1v) is 12.8. The molecule has 11 heteroatoms. The lowest BCUT2D eigenvalue weighted by molar-refractivity contribution is -0.174. The second kappa shape index (κ2) is 10.9. The Hall–Kier alpha value is -2.37. The molecule has 0 aromatic rings. The van der Waals surface area contributed by atoms with Crippen LogP contribution in [-0.4, -0.2) is 115 Å². The van der Waals surface area contributed by atoms with E-state index >= 15 is 0 Å². The molecule has 2 bridgehead atoms. The molecule has 4 fully saturated rings. The van der Waals surface area contributed by atoms with Crippen LogP contribution in [0.1, 0.15) is 51.9 Å². The van der Waals surface area contributed by atoms with Gasteiger partial charge >= 0.3 is 5.97 Å². The van der Waals surface area contributed by atoms with Crippen LogP contribution in [0.25, 0.3) is 0 Å². The van der Waals surface area contributed by atoms with Gasteiger partial charge in [-0.15, -0.1) is 0 Å². The molecule has 0 N–H and O–H groups in total. The Morgan fingerprint density at radius 3 is 2.36 bits per heavy atom. The molecule has 3 aliphatic heterocycles. The maximum Gasteiger partial charge on any atom is 0.302 e. The van der Waals surface area contributed by atoms with E-state index in [1.54, 1.807) is 9.80 Å². The van der Waals surface area contributed by atoms with E-state index in [4.69, 9.17) is 14.2 Å². The molecule has 0 radical (unpaired) electrons. The van der Waals surface area contributed by atoms with Gasteiger partial charge in [0.05, 0.1) is 30.6 Å². The van der Waals surface area contributed by atoms with Crippen molar-refractivity contribution >= 4 is 29.4 Å². The van der Waals surface area contributed by atoms with E-state index in [1.165, 1.54) is 21.1 Å². The Bertz CT molecular complexity index is 898. The van der Waals surface area contributed by atoms with Crippen LogP contribution in [0.3, 0.4) is 0 Å². The number of carbonyl (C=O) groups is 5. The molecule has 1 saturated carbocycles. The zero-order valence-corrected chi connectivity index (χ0v) is 21.4. The van der Waals surface area contributed by atoms with Crippen LogP contribution >= 0.6 is 0 Å². The normalized spacial score (nSPS) is 27.8. The molecule has 1 aliphatic carbocycles. The predicted molar refractivity (Wildman–Crippen MR) is 126 cm³/mol. The number of ketones is 2. The summed E-state index contributed by atoms with van der Waals surface area (Å²) in [5.41, 5.74) is -0.965. The van der Waals surface area contributed by atoms with E-state index in [2.05, 4.69) is 0 Å². The second-order valence-corrected chi connectivity index (χ2v) is 10.4. The van der Waals surface area contributed by atoms with E-state index in [9.17, 15) is 24.0 Å². The number of piperidine rings is 1. The molecule has 2 amide bonds. The quantitative estimate of drug-likeness (QED) is 0.231. The number of hydrogen-bond acceptors (Lipinski definition) is 9. The average Bonchev–Trinajstić information content (AvgIpc) is 3.35. The number of fused-ring (bicyclic) bond motifs is 4. The molecule has 3 atom stereocenters. The van der Waals surface area contributed by atoms with E-state index in [-0.39, 0.29) is 50.1 Å². The molecule has 3 saturated heterocycles. The third-order valence-electron chi connectivity index (χ3n) is 8.35. The van der Waals surface area contributed by atoms with Crippen molar-refractivity contribution in [2.24, 2.45) is 5.41 Å². The molecule has 4 rings (SSSR count). The molecule has 3 heterocycles. The first-order valence-electron chi connectivity index (χ1n) is 12.8. The minimum Gasteiger partial charge on any atom is -0.465 e. The van der Waals surface area contributed by atoms with Gasteiger partial charge in [-0.1, -0.05) is 12.8 Å². The summed E-state index contributed by atoms with van der Waals surface area (Å²) in [6.07, 6.45) is 4.27. The maximum absolute atomic E-state index is 13.4. The number of Topliss-reactive ketones (excluding diaryl/α,β-unsaturated/α-hetero) is 2. The largest absolute Gasteiger partial charge is 0.465 e. The predicted octanol–water partition coefficient (Wildman–Crippen LogP) is 0.143. The molecule has 0 spiro atoms. The maximum atomic E-state index is 13.4. The van der Waals surface area contributed by atoms with Crippen molar-refractivity contribution in [2.45, 2.75) is 76.3 Å². The van der Waals surface area contributed by atoms with Crippen LogP contribution < -0.4 is 0 Å². The topological polar surface area (TPSA) is 123 Å². The van der Waals surface area contributed by atoms with Crippen LogP contribution in [0.2, 0.25) is 0 Å². The number of piperazine rings is 2. The molecule has 11 nitrogen and oxygen atoms in total. The number of nitrogens with zero attached hydrogens (tertiary/aromatic N) is 3. The van der Waals surface area contributed by atoms with Crippen molar-refractivity contribution < 1.29 is 38.2 Å². The number of methoxy groups -OCH3 is 2. The number of ether oxygens (including phenoxy) is 3. The zero-order chi connectivity index (χ0) is 26.0. The third kappa shape index (κ3) is 5.05. The van der Waals surface area contributed by atoms with Crippen LogP contribution in [0.15, 0.2) is 0 Å². The second-order valence-electron chi connectivity index (χ2n) is 10.4. The van der Waals surface area contributed by atoms with Crippen molar-refractivity contribution in [3.05, 3.63) is 0 Å². The van der Waals surface area contributed by atoms with E-state index in [1.807, 2.05) is 4.90 Å². The summed E-state index contributed by atoms with van der Waals surface area (Å²) < 4.78 is 15.7.